The van der Waals surface area contributed by atoms with Crippen LogP contribution in [0.15, 0.2) is 47.3 Å². The molecule has 0 unspecified atom stereocenters. The van der Waals surface area contributed by atoms with Gasteiger partial charge in [0.05, 0.1) is 34.9 Å². The Morgan fingerprint density at radius 2 is 1.93 bits per heavy atom. The molecule has 3 aromatic heterocycles. The Balaban J connectivity index is 1.15. The summed E-state index contributed by atoms with van der Waals surface area (Å²) in [5.41, 5.74) is 2.56. The zero-order valence-electron chi connectivity index (χ0n) is 22.6. The third-order valence-corrected chi connectivity index (χ3v) is 6.90. The number of ether oxygens (including phenoxy) is 3. The first-order chi connectivity index (χ1) is 19.8. The van der Waals surface area contributed by atoms with Crippen LogP contribution in [0.3, 0.4) is 0 Å². The Bertz CT molecular complexity index is 1560. The summed E-state index contributed by atoms with van der Waals surface area (Å²) in [6.45, 7) is 5.00. The van der Waals surface area contributed by atoms with Gasteiger partial charge in [-0.1, -0.05) is 40.5 Å². The molecule has 1 aliphatic carbocycles. The number of pyridine rings is 2. The van der Waals surface area contributed by atoms with Crippen molar-refractivity contribution in [2.24, 2.45) is 0 Å². The average molecular weight is 598 g/mol. The van der Waals surface area contributed by atoms with E-state index in [1.807, 2.05) is 26.0 Å². The highest BCUT2D eigenvalue weighted by atomic mass is 35.5. The van der Waals surface area contributed by atoms with Gasteiger partial charge in [-0.25, -0.2) is 9.78 Å². The quantitative estimate of drug-likeness (QED) is 0.157. The van der Waals surface area contributed by atoms with Crippen LogP contribution < -0.4 is 9.47 Å². The summed E-state index contributed by atoms with van der Waals surface area (Å²) in [5.74, 6) is 1.16. The summed E-state index contributed by atoms with van der Waals surface area (Å²) < 4.78 is 23.1. The number of carboxylic acids is 1. The van der Waals surface area contributed by atoms with Crippen molar-refractivity contribution < 1.29 is 28.6 Å². The van der Waals surface area contributed by atoms with Crippen LogP contribution in [0.25, 0.3) is 28.2 Å². The van der Waals surface area contributed by atoms with Crippen molar-refractivity contribution in [1.29, 1.82) is 0 Å². The number of hydrogen-bond donors (Lipinski definition) is 1. The monoisotopic (exact) mass is 597 g/mol. The van der Waals surface area contributed by atoms with Crippen LogP contribution in [0.1, 0.15) is 60.8 Å². The van der Waals surface area contributed by atoms with E-state index in [0.717, 1.165) is 24.2 Å². The molecule has 1 aliphatic rings. The van der Waals surface area contributed by atoms with Crippen molar-refractivity contribution >= 4 is 46.2 Å². The summed E-state index contributed by atoms with van der Waals surface area (Å²) in [4.78, 5) is 19.7. The highest BCUT2D eigenvalue weighted by molar-refractivity contribution is 6.39. The van der Waals surface area contributed by atoms with Crippen LogP contribution in [-0.4, -0.2) is 52.1 Å². The van der Waals surface area contributed by atoms with Gasteiger partial charge in [0.2, 0.25) is 0 Å². The summed E-state index contributed by atoms with van der Waals surface area (Å²) >= 11 is 12.8. The van der Waals surface area contributed by atoms with E-state index < -0.39 is 5.97 Å². The Morgan fingerprint density at radius 1 is 1.15 bits per heavy atom. The van der Waals surface area contributed by atoms with Crippen molar-refractivity contribution in [2.45, 2.75) is 45.1 Å². The van der Waals surface area contributed by atoms with Gasteiger partial charge in [-0.2, -0.15) is 0 Å². The first-order valence-electron chi connectivity index (χ1n) is 13.3. The van der Waals surface area contributed by atoms with Crippen LogP contribution in [0.5, 0.6) is 11.5 Å². The summed E-state index contributed by atoms with van der Waals surface area (Å²) in [6.07, 6.45) is 9.78. The van der Waals surface area contributed by atoms with Crippen molar-refractivity contribution in [3.63, 3.8) is 0 Å². The van der Waals surface area contributed by atoms with E-state index in [1.165, 1.54) is 6.07 Å². The molecule has 0 aliphatic heterocycles. The third-order valence-electron chi connectivity index (χ3n) is 6.33. The van der Waals surface area contributed by atoms with Gasteiger partial charge in [0.1, 0.15) is 29.6 Å². The molecule has 41 heavy (non-hydrogen) atoms. The lowest BCUT2D eigenvalue weighted by Crippen LogP contribution is -2.09. The number of aromatic carboxylic acids is 1. The van der Waals surface area contributed by atoms with E-state index in [-0.39, 0.29) is 11.8 Å². The minimum Gasteiger partial charge on any atom is -0.491 e. The standard InChI is InChI=1S/C30H29Cl2N3O6/c1-17(2)40-26-14-25(30(36)37)34-24-9-8-19(13-21(24)26)39-12-11-38-10-4-3-5-20-28(35-41-29(20)18-6-7-18)27-22(31)15-33-16-23(27)32/h3,5,8-9,13-18H,4,6-7,10-12H2,1-2H3,(H,36,37)/b5-3+. The molecule has 1 fully saturated rings. The Labute approximate surface area is 247 Å². The lowest BCUT2D eigenvalue weighted by atomic mass is 10.0. The molecular formula is C30H29Cl2N3O6. The summed E-state index contributed by atoms with van der Waals surface area (Å²) in [6, 6.07) is 6.69. The van der Waals surface area contributed by atoms with E-state index in [4.69, 9.17) is 41.9 Å². The van der Waals surface area contributed by atoms with Crippen LogP contribution in [0.2, 0.25) is 10.0 Å². The Morgan fingerprint density at radius 3 is 2.63 bits per heavy atom. The van der Waals surface area contributed by atoms with E-state index in [9.17, 15) is 9.90 Å². The third kappa shape index (κ3) is 6.98. The average Bonchev–Trinajstić information content (AvgIpc) is 3.70. The predicted molar refractivity (Wildman–Crippen MR) is 156 cm³/mol. The molecule has 11 heteroatoms. The van der Waals surface area contributed by atoms with Gasteiger partial charge in [-0.15, -0.1) is 0 Å². The number of carbonyl (C=O) groups is 1. The number of benzene rings is 1. The maximum absolute atomic E-state index is 11.4. The number of halogens is 2. The minimum atomic E-state index is -1.11. The van der Waals surface area contributed by atoms with Gasteiger partial charge in [-0.05, 0) is 51.3 Å². The number of carboxylic acid groups (broad SMARTS) is 1. The normalized spacial score (nSPS) is 13.4. The van der Waals surface area contributed by atoms with Crippen molar-refractivity contribution in [3.05, 3.63) is 69.8 Å². The fraction of sp³-hybridized carbons (Fsp3) is 0.333. The molecule has 5 rings (SSSR count). The SMILES string of the molecule is CC(C)Oc1cc(C(=O)O)nc2ccc(OCCOCC/C=C/c3c(-c4c(Cl)cncc4Cl)noc3C3CC3)cc12. The van der Waals surface area contributed by atoms with Gasteiger partial charge in [0, 0.05) is 40.9 Å². The number of nitrogens with zero attached hydrogens (tertiary/aromatic N) is 3. The molecule has 0 radical (unpaired) electrons. The molecule has 0 spiro atoms. The number of hydrogen-bond acceptors (Lipinski definition) is 8. The van der Waals surface area contributed by atoms with Gasteiger partial charge in [0.15, 0.2) is 5.69 Å². The molecule has 4 aromatic rings. The second kappa shape index (κ2) is 12.9. The zero-order valence-corrected chi connectivity index (χ0v) is 24.1. The van der Waals surface area contributed by atoms with E-state index in [1.54, 1.807) is 30.6 Å². The fourth-order valence-electron chi connectivity index (χ4n) is 4.33. The molecular weight excluding hydrogens is 569 g/mol. The molecule has 1 saturated carbocycles. The molecule has 0 amide bonds. The molecule has 1 N–H and O–H groups in total. The number of fused-ring (bicyclic) bond motifs is 1. The highest BCUT2D eigenvalue weighted by Gasteiger charge is 2.32. The molecule has 3 heterocycles. The van der Waals surface area contributed by atoms with Gasteiger partial charge < -0.3 is 23.8 Å². The maximum Gasteiger partial charge on any atom is 0.354 e. The molecule has 9 nitrogen and oxygen atoms in total. The first kappa shape index (κ1) is 28.9. The first-order valence-corrected chi connectivity index (χ1v) is 14.1. The van der Waals surface area contributed by atoms with Gasteiger partial charge in [0.25, 0.3) is 0 Å². The second-order valence-electron chi connectivity index (χ2n) is 9.87. The van der Waals surface area contributed by atoms with Crippen molar-refractivity contribution in [2.75, 3.05) is 19.8 Å². The van der Waals surface area contributed by atoms with Crippen molar-refractivity contribution in [3.8, 4) is 22.8 Å². The maximum atomic E-state index is 11.4. The number of aromatic nitrogens is 3. The summed E-state index contributed by atoms with van der Waals surface area (Å²) in [7, 11) is 0. The lowest BCUT2D eigenvalue weighted by Gasteiger charge is -2.14. The number of rotatable bonds is 13. The second-order valence-corrected chi connectivity index (χ2v) is 10.7. The summed E-state index contributed by atoms with van der Waals surface area (Å²) in [5, 5.41) is 15.2. The van der Waals surface area contributed by atoms with E-state index in [0.29, 0.717) is 75.9 Å². The largest absolute Gasteiger partial charge is 0.491 e. The molecule has 214 valence electrons. The smallest absolute Gasteiger partial charge is 0.354 e. The Kier molecular flexibility index (Phi) is 9.07. The molecule has 0 bridgehead atoms. The Hall–Kier alpha value is -3.66. The zero-order chi connectivity index (χ0) is 28.9. The van der Waals surface area contributed by atoms with Crippen LogP contribution in [-0.2, 0) is 4.74 Å². The van der Waals surface area contributed by atoms with Crippen LogP contribution >= 0.6 is 23.2 Å². The van der Waals surface area contributed by atoms with E-state index >= 15 is 0 Å². The topological polar surface area (TPSA) is 117 Å². The van der Waals surface area contributed by atoms with Gasteiger partial charge in [-0.3, -0.25) is 4.98 Å². The fourth-order valence-corrected chi connectivity index (χ4v) is 4.87. The predicted octanol–water partition coefficient (Wildman–Crippen LogP) is 7.45. The van der Waals surface area contributed by atoms with Crippen LogP contribution in [0, 0.1) is 0 Å². The molecule has 0 saturated heterocycles. The molecule has 1 aromatic carbocycles. The lowest BCUT2D eigenvalue weighted by molar-refractivity contribution is 0.0690. The van der Waals surface area contributed by atoms with Crippen LogP contribution in [0.4, 0.5) is 0 Å². The van der Waals surface area contributed by atoms with Gasteiger partial charge >= 0.3 is 5.97 Å². The molecule has 0 atom stereocenters. The highest BCUT2D eigenvalue weighted by Crippen LogP contribution is 2.46. The van der Waals surface area contributed by atoms with E-state index in [2.05, 4.69) is 15.1 Å². The van der Waals surface area contributed by atoms with Crippen molar-refractivity contribution in [1.82, 2.24) is 15.1 Å². The minimum absolute atomic E-state index is 0.0711.